The lowest BCUT2D eigenvalue weighted by Gasteiger charge is -2.11. The number of hydrogen-bond acceptors (Lipinski definition) is 4. The lowest BCUT2D eigenvalue weighted by molar-refractivity contribution is 0.0530. The van der Waals surface area contributed by atoms with Gasteiger partial charge in [0.05, 0.1) is 11.3 Å². The van der Waals surface area contributed by atoms with E-state index in [0.29, 0.717) is 17.7 Å². The van der Waals surface area contributed by atoms with Crippen molar-refractivity contribution in [3.05, 3.63) is 27.9 Å². The predicted octanol–water partition coefficient (Wildman–Crippen LogP) is 4.78. The molecule has 0 bridgehead atoms. The van der Waals surface area contributed by atoms with Crippen molar-refractivity contribution in [1.29, 1.82) is 0 Å². The van der Waals surface area contributed by atoms with Crippen LogP contribution in [0.2, 0.25) is 5.15 Å². The second-order valence-corrected chi connectivity index (χ2v) is 6.49. The summed E-state index contributed by atoms with van der Waals surface area (Å²) >= 11 is 7.50. The fraction of sp³-hybridized carbons (Fsp3) is 0.467. The van der Waals surface area contributed by atoms with Crippen molar-refractivity contribution in [3.8, 4) is 0 Å². The van der Waals surface area contributed by atoms with Crippen LogP contribution in [0, 0.1) is 0 Å². The smallest absolute Gasteiger partial charge is 0.348 e. The quantitative estimate of drug-likeness (QED) is 0.605. The number of fused-ring (bicyclic) bond motifs is 1. The second kappa shape index (κ2) is 5.70. The molecule has 0 atom stereocenters. The second-order valence-electron chi connectivity index (χ2n) is 5.05. The number of ether oxygens (including phenoxy) is 1. The normalized spacial score (nSPS) is 15.9. The van der Waals surface area contributed by atoms with E-state index in [1.807, 2.05) is 13.0 Å². The summed E-state index contributed by atoms with van der Waals surface area (Å²) in [5, 5.41) is 1.55. The summed E-state index contributed by atoms with van der Waals surface area (Å²) in [4.78, 5) is 17.1. The molecule has 0 N–H and O–H groups in total. The summed E-state index contributed by atoms with van der Waals surface area (Å²) in [6.07, 6.45) is 6.48. The monoisotopic (exact) mass is 309 g/mol. The van der Waals surface area contributed by atoms with Gasteiger partial charge in [-0.15, -0.1) is 11.3 Å². The molecule has 20 heavy (non-hydrogen) atoms. The lowest BCUT2D eigenvalue weighted by atomic mass is 9.95. The molecular weight excluding hydrogens is 294 g/mol. The Labute approximate surface area is 126 Å². The number of carbonyl (C=O) groups is 1. The van der Waals surface area contributed by atoms with Crippen LogP contribution < -0.4 is 0 Å². The number of halogens is 1. The average molecular weight is 310 g/mol. The Balaban J connectivity index is 2.16. The van der Waals surface area contributed by atoms with E-state index < -0.39 is 0 Å². The van der Waals surface area contributed by atoms with Gasteiger partial charge in [0.15, 0.2) is 0 Å². The van der Waals surface area contributed by atoms with Gasteiger partial charge in [-0.05, 0) is 37.3 Å². The van der Waals surface area contributed by atoms with Crippen molar-refractivity contribution in [2.24, 2.45) is 0 Å². The van der Waals surface area contributed by atoms with Crippen molar-refractivity contribution in [1.82, 2.24) is 4.98 Å². The number of thiophene rings is 1. The van der Waals surface area contributed by atoms with Crippen molar-refractivity contribution in [3.63, 3.8) is 0 Å². The molecule has 0 radical (unpaired) electrons. The van der Waals surface area contributed by atoms with Crippen LogP contribution in [0.5, 0.6) is 0 Å². The van der Waals surface area contributed by atoms with Gasteiger partial charge in [0, 0.05) is 11.6 Å². The summed E-state index contributed by atoms with van der Waals surface area (Å²) in [5.74, 6) is 0.230. The summed E-state index contributed by atoms with van der Waals surface area (Å²) in [5.41, 5.74) is 1.13. The van der Waals surface area contributed by atoms with E-state index in [2.05, 4.69) is 4.98 Å². The molecule has 5 heteroatoms. The largest absolute Gasteiger partial charge is 0.462 e. The fourth-order valence-corrected chi connectivity index (χ4v) is 4.26. The molecule has 0 aliphatic heterocycles. The topological polar surface area (TPSA) is 39.2 Å². The summed E-state index contributed by atoms with van der Waals surface area (Å²) in [6.45, 7) is 2.23. The van der Waals surface area contributed by atoms with Gasteiger partial charge < -0.3 is 4.74 Å². The van der Waals surface area contributed by atoms with E-state index in [1.165, 1.54) is 24.2 Å². The maximum atomic E-state index is 12.2. The van der Waals surface area contributed by atoms with Crippen LogP contribution in [0.25, 0.3) is 10.1 Å². The van der Waals surface area contributed by atoms with Gasteiger partial charge in [-0.3, -0.25) is 0 Å². The van der Waals surface area contributed by atoms with E-state index in [4.69, 9.17) is 16.3 Å². The number of aromatic nitrogens is 1. The van der Waals surface area contributed by atoms with Gasteiger partial charge in [-0.25, -0.2) is 9.78 Å². The highest BCUT2D eigenvalue weighted by Crippen LogP contribution is 2.43. The Morgan fingerprint density at radius 1 is 1.50 bits per heavy atom. The van der Waals surface area contributed by atoms with Crippen LogP contribution in [0.15, 0.2) is 12.3 Å². The molecule has 0 spiro atoms. The first-order valence-corrected chi connectivity index (χ1v) is 8.15. The van der Waals surface area contributed by atoms with Gasteiger partial charge in [-0.2, -0.15) is 0 Å². The highest BCUT2D eigenvalue weighted by Gasteiger charge is 2.28. The molecule has 0 unspecified atom stereocenters. The van der Waals surface area contributed by atoms with E-state index >= 15 is 0 Å². The maximum Gasteiger partial charge on any atom is 0.348 e. The predicted molar refractivity (Wildman–Crippen MR) is 81.8 cm³/mol. The molecule has 106 valence electrons. The molecule has 1 aliphatic rings. The van der Waals surface area contributed by atoms with E-state index in [0.717, 1.165) is 33.4 Å². The molecule has 2 heterocycles. The van der Waals surface area contributed by atoms with Crippen LogP contribution >= 0.6 is 22.9 Å². The van der Waals surface area contributed by atoms with Crippen LogP contribution in [0.1, 0.15) is 53.8 Å². The van der Waals surface area contributed by atoms with Crippen molar-refractivity contribution >= 4 is 39.0 Å². The standard InChI is InChI=1S/C15H16ClNO2S/c1-2-19-15(18)14-13(9-5-3-4-6-9)10-7-12(16)17-8-11(10)20-14/h7-9H,2-6H2,1H3. The van der Waals surface area contributed by atoms with Gasteiger partial charge in [0.1, 0.15) is 10.0 Å². The van der Waals surface area contributed by atoms with Crippen molar-refractivity contribution < 1.29 is 9.53 Å². The number of rotatable bonds is 3. The zero-order valence-corrected chi connectivity index (χ0v) is 12.9. The van der Waals surface area contributed by atoms with Crippen LogP contribution in [0.3, 0.4) is 0 Å². The van der Waals surface area contributed by atoms with Crippen molar-refractivity contribution in [2.45, 2.75) is 38.5 Å². The minimum atomic E-state index is -0.216. The molecule has 0 aromatic carbocycles. The van der Waals surface area contributed by atoms with Crippen LogP contribution in [-0.2, 0) is 4.74 Å². The van der Waals surface area contributed by atoms with E-state index in [1.54, 1.807) is 6.20 Å². The third-order valence-corrected chi connectivity index (χ3v) is 5.15. The molecule has 0 saturated heterocycles. The number of pyridine rings is 1. The SMILES string of the molecule is CCOC(=O)c1sc2cnc(Cl)cc2c1C1CCCC1. The highest BCUT2D eigenvalue weighted by molar-refractivity contribution is 7.21. The molecule has 1 saturated carbocycles. The summed E-state index contributed by atoms with van der Waals surface area (Å²) in [6, 6.07) is 1.88. The molecule has 1 aliphatic carbocycles. The molecule has 3 nitrogen and oxygen atoms in total. The first kappa shape index (κ1) is 13.8. The minimum absolute atomic E-state index is 0.216. The molecule has 1 fully saturated rings. The van der Waals surface area contributed by atoms with Crippen molar-refractivity contribution in [2.75, 3.05) is 6.61 Å². The van der Waals surface area contributed by atoms with Gasteiger partial charge >= 0.3 is 5.97 Å². The minimum Gasteiger partial charge on any atom is -0.462 e. The fourth-order valence-electron chi connectivity index (χ4n) is 2.96. The maximum absolute atomic E-state index is 12.2. The van der Waals surface area contributed by atoms with Gasteiger partial charge in [0.2, 0.25) is 0 Å². The highest BCUT2D eigenvalue weighted by atomic mass is 35.5. The first-order valence-electron chi connectivity index (χ1n) is 6.95. The Morgan fingerprint density at radius 2 is 2.25 bits per heavy atom. The Hall–Kier alpha value is -1.13. The number of hydrogen-bond donors (Lipinski definition) is 0. The zero-order valence-electron chi connectivity index (χ0n) is 11.3. The molecule has 0 amide bonds. The number of nitrogens with zero attached hydrogens (tertiary/aromatic N) is 1. The van der Waals surface area contributed by atoms with Crippen LogP contribution in [-0.4, -0.2) is 17.6 Å². The van der Waals surface area contributed by atoms with Gasteiger partial charge in [-0.1, -0.05) is 24.4 Å². The summed E-state index contributed by atoms with van der Waals surface area (Å²) < 4.78 is 6.22. The van der Waals surface area contributed by atoms with E-state index in [-0.39, 0.29) is 5.97 Å². The van der Waals surface area contributed by atoms with Crippen LogP contribution in [0.4, 0.5) is 0 Å². The Kier molecular flexibility index (Phi) is 3.94. The summed E-state index contributed by atoms with van der Waals surface area (Å²) in [7, 11) is 0. The third kappa shape index (κ3) is 2.42. The molecule has 2 aromatic heterocycles. The average Bonchev–Trinajstić information content (AvgIpc) is 3.04. The third-order valence-electron chi connectivity index (χ3n) is 3.81. The lowest BCUT2D eigenvalue weighted by Crippen LogP contribution is -2.07. The zero-order chi connectivity index (χ0) is 14.1. The number of carbonyl (C=O) groups excluding carboxylic acids is 1. The van der Waals surface area contributed by atoms with E-state index in [9.17, 15) is 4.79 Å². The molecule has 2 aromatic rings. The Morgan fingerprint density at radius 3 is 2.95 bits per heavy atom. The van der Waals surface area contributed by atoms with Gasteiger partial charge in [0.25, 0.3) is 0 Å². The number of esters is 1. The Bertz CT molecular complexity index is 647. The molecular formula is C15H16ClNO2S. The molecule has 3 rings (SSSR count). The first-order chi connectivity index (χ1) is 9.70.